The Kier molecular flexibility index (Phi) is 4.33. The van der Waals surface area contributed by atoms with Crippen LogP contribution in [0.15, 0.2) is 55.0 Å². The van der Waals surface area contributed by atoms with E-state index in [0.29, 0.717) is 17.3 Å². The van der Waals surface area contributed by atoms with Crippen LogP contribution >= 0.6 is 0 Å². The number of aromatic nitrogens is 4. The minimum absolute atomic E-state index is 0.642. The third-order valence-corrected chi connectivity index (χ3v) is 4.29. The summed E-state index contributed by atoms with van der Waals surface area (Å²) in [7, 11) is 3.22. The minimum atomic E-state index is 0.642. The Hall–Kier alpha value is -3.61. The largest absolute Gasteiger partial charge is 0.493 e. The highest BCUT2D eigenvalue weighted by atomic mass is 16.5. The van der Waals surface area contributed by atoms with Crippen LogP contribution in [-0.2, 0) is 0 Å². The third-order valence-electron chi connectivity index (χ3n) is 4.29. The number of methoxy groups -OCH3 is 2. The average Bonchev–Trinajstić information content (AvgIpc) is 3.13. The molecular formula is C20H19N5O2. The molecule has 2 aromatic heterocycles. The molecule has 136 valence electrons. The fourth-order valence-corrected chi connectivity index (χ4v) is 2.87. The van der Waals surface area contributed by atoms with Gasteiger partial charge in [0.15, 0.2) is 17.1 Å². The van der Waals surface area contributed by atoms with Crippen LogP contribution in [0.5, 0.6) is 11.5 Å². The molecule has 1 N–H and O–H groups in total. The number of ether oxygens (including phenoxy) is 2. The summed E-state index contributed by atoms with van der Waals surface area (Å²) in [5.41, 5.74) is 3.71. The molecule has 27 heavy (non-hydrogen) atoms. The van der Waals surface area contributed by atoms with E-state index in [-0.39, 0.29) is 0 Å². The zero-order valence-electron chi connectivity index (χ0n) is 15.3. The fraction of sp³-hybridized carbons (Fsp3) is 0.150. The van der Waals surface area contributed by atoms with Gasteiger partial charge in [-0.3, -0.25) is 0 Å². The number of hydrogen-bond donors (Lipinski definition) is 1. The summed E-state index contributed by atoms with van der Waals surface area (Å²) < 4.78 is 12.4. The lowest BCUT2D eigenvalue weighted by Gasteiger charge is -2.11. The predicted octanol–water partition coefficient (Wildman–Crippen LogP) is 3.88. The number of benzene rings is 2. The Bertz CT molecular complexity index is 1090. The van der Waals surface area contributed by atoms with Crippen LogP contribution in [0.2, 0.25) is 0 Å². The van der Waals surface area contributed by atoms with Crippen molar-refractivity contribution in [2.45, 2.75) is 6.92 Å². The maximum Gasteiger partial charge on any atom is 0.168 e. The molecule has 4 aromatic rings. The molecule has 7 heteroatoms. The molecular weight excluding hydrogens is 342 g/mol. The van der Waals surface area contributed by atoms with Crippen molar-refractivity contribution in [2.75, 3.05) is 19.5 Å². The number of anilines is 2. The summed E-state index contributed by atoms with van der Waals surface area (Å²) >= 11 is 0. The van der Waals surface area contributed by atoms with Gasteiger partial charge in [-0.2, -0.15) is 5.10 Å². The van der Waals surface area contributed by atoms with Gasteiger partial charge in [0.2, 0.25) is 0 Å². The number of fused-ring (bicyclic) bond motifs is 1. The molecule has 4 rings (SSSR count). The van der Waals surface area contributed by atoms with Gasteiger partial charge >= 0.3 is 0 Å². The highest BCUT2D eigenvalue weighted by Gasteiger charge is 2.12. The van der Waals surface area contributed by atoms with E-state index in [9.17, 15) is 0 Å². The molecule has 0 aliphatic rings. The van der Waals surface area contributed by atoms with Gasteiger partial charge in [-0.25, -0.2) is 14.6 Å². The first kappa shape index (κ1) is 16.8. The second-order valence-electron chi connectivity index (χ2n) is 6.05. The Labute approximate surface area is 156 Å². The SMILES string of the molecule is COc1ccc(Nc2ncnc3c2cnn3-c2ccc(C)cc2)cc1OC. The Morgan fingerprint density at radius 1 is 0.926 bits per heavy atom. The first-order valence-corrected chi connectivity index (χ1v) is 8.44. The second kappa shape index (κ2) is 6.95. The van der Waals surface area contributed by atoms with E-state index >= 15 is 0 Å². The first-order valence-electron chi connectivity index (χ1n) is 8.44. The molecule has 0 aliphatic carbocycles. The highest BCUT2D eigenvalue weighted by Crippen LogP contribution is 2.32. The summed E-state index contributed by atoms with van der Waals surface area (Å²) in [6.45, 7) is 2.05. The van der Waals surface area contributed by atoms with Crippen LogP contribution in [0.25, 0.3) is 16.7 Å². The van der Waals surface area contributed by atoms with Crippen LogP contribution in [0, 0.1) is 6.92 Å². The van der Waals surface area contributed by atoms with Crippen molar-refractivity contribution in [2.24, 2.45) is 0 Å². The molecule has 0 atom stereocenters. The van der Waals surface area contributed by atoms with E-state index in [4.69, 9.17) is 9.47 Å². The summed E-state index contributed by atoms with van der Waals surface area (Å²) in [4.78, 5) is 8.78. The number of aryl methyl sites for hydroxylation is 1. The highest BCUT2D eigenvalue weighted by molar-refractivity contribution is 5.89. The van der Waals surface area contributed by atoms with Crippen LogP contribution in [-0.4, -0.2) is 34.0 Å². The summed E-state index contributed by atoms with van der Waals surface area (Å²) in [5, 5.41) is 8.62. The lowest BCUT2D eigenvalue weighted by molar-refractivity contribution is 0.355. The zero-order chi connectivity index (χ0) is 18.8. The summed E-state index contributed by atoms with van der Waals surface area (Å²) in [6, 6.07) is 13.7. The van der Waals surface area contributed by atoms with Gasteiger partial charge in [-0.15, -0.1) is 0 Å². The molecule has 0 amide bonds. The van der Waals surface area contributed by atoms with E-state index in [0.717, 1.165) is 22.4 Å². The normalized spacial score (nSPS) is 10.8. The maximum absolute atomic E-state index is 5.36. The molecule has 2 heterocycles. The topological polar surface area (TPSA) is 74.1 Å². The number of hydrogen-bond acceptors (Lipinski definition) is 6. The van der Waals surface area contributed by atoms with E-state index in [2.05, 4.69) is 27.3 Å². The van der Waals surface area contributed by atoms with Gasteiger partial charge in [0.25, 0.3) is 0 Å². The van der Waals surface area contributed by atoms with Gasteiger partial charge in [0.05, 0.1) is 31.5 Å². The van der Waals surface area contributed by atoms with Crippen molar-refractivity contribution < 1.29 is 9.47 Å². The Morgan fingerprint density at radius 2 is 1.70 bits per heavy atom. The molecule has 0 bridgehead atoms. The van der Waals surface area contributed by atoms with Crippen molar-refractivity contribution in [3.05, 3.63) is 60.6 Å². The van der Waals surface area contributed by atoms with Crippen LogP contribution in [0.3, 0.4) is 0 Å². The van der Waals surface area contributed by atoms with E-state index in [1.807, 2.05) is 42.5 Å². The van der Waals surface area contributed by atoms with Crippen LogP contribution in [0.4, 0.5) is 11.5 Å². The van der Waals surface area contributed by atoms with Gasteiger partial charge in [-0.05, 0) is 31.2 Å². The predicted molar refractivity (Wildman–Crippen MR) is 104 cm³/mol. The molecule has 0 unspecified atom stereocenters. The zero-order valence-corrected chi connectivity index (χ0v) is 15.3. The number of nitrogens with one attached hydrogen (secondary N) is 1. The number of rotatable bonds is 5. The van der Waals surface area contributed by atoms with Crippen LogP contribution < -0.4 is 14.8 Å². The van der Waals surface area contributed by atoms with Gasteiger partial charge in [0, 0.05) is 11.8 Å². The molecule has 0 spiro atoms. The quantitative estimate of drug-likeness (QED) is 0.581. The van der Waals surface area contributed by atoms with Gasteiger partial charge in [-0.1, -0.05) is 17.7 Å². The fourth-order valence-electron chi connectivity index (χ4n) is 2.87. The van der Waals surface area contributed by atoms with E-state index < -0.39 is 0 Å². The standard InChI is InChI=1S/C20H19N5O2/c1-13-4-7-15(8-5-13)25-20-16(11-23-25)19(21-12-22-20)24-14-6-9-17(26-2)18(10-14)27-3/h4-12H,1-3H3,(H,21,22,24). The smallest absolute Gasteiger partial charge is 0.168 e. The van der Waals surface area contributed by atoms with Crippen molar-refractivity contribution in [1.29, 1.82) is 0 Å². The summed E-state index contributed by atoms with van der Waals surface area (Å²) in [6.07, 6.45) is 3.29. The average molecular weight is 361 g/mol. The lowest BCUT2D eigenvalue weighted by Crippen LogP contribution is -2.00. The van der Waals surface area contributed by atoms with Crippen molar-refractivity contribution >= 4 is 22.5 Å². The summed E-state index contributed by atoms with van der Waals surface area (Å²) in [5.74, 6) is 1.98. The molecule has 0 saturated heterocycles. The van der Waals surface area contributed by atoms with Crippen molar-refractivity contribution in [3.8, 4) is 17.2 Å². The maximum atomic E-state index is 5.36. The molecule has 7 nitrogen and oxygen atoms in total. The first-order chi connectivity index (χ1) is 13.2. The van der Waals surface area contributed by atoms with E-state index in [1.54, 1.807) is 25.1 Å². The molecule has 0 aliphatic heterocycles. The van der Waals surface area contributed by atoms with Gasteiger partial charge in [0.1, 0.15) is 12.1 Å². The van der Waals surface area contributed by atoms with Crippen LogP contribution in [0.1, 0.15) is 5.56 Å². The monoisotopic (exact) mass is 361 g/mol. The third kappa shape index (κ3) is 3.15. The minimum Gasteiger partial charge on any atom is -0.493 e. The molecule has 2 aromatic carbocycles. The second-order valence-corrected chi connectivity index (χ2v) is 6.05. The molecule has 0 fully saturated rings. The van der Waals surface area contributed by atoms with Crippen molar-refractivity contribution in [1.82, 2.24) is 19.7 Å². The Morgan fingerprint density at radius 3 is 2.44 bits per heavy atom. The van der Waals surface area contributed by atoms with Crippen molar-refractivity contribution in [3.63, 3.8) is 0 Å². The van der Waals surface area contributed by atoms with E-state index in [1.165, 1.54) is 11.9 Å². The lowest BCUT2D eigenvalue weighted by atomic mass is 10.2. The Balaban J connectivity index is 1.72. The molecule has 0 radical (unpaired) electrons. The number of nitrogens with zero attached hydrogens (tertiary/aromatic N) is 4. The molecule has 0 saturated carbocycles. The van der Waals surface area contributed by atoms with Gasteiger partial charge < -0.3 is 14.8 Å².